The Morgan fingerprint density at radius 2 is 1.70 bits per heavy atom. The molecule has 0 aliphatic carbocycles. The fraction of sp³-hybridized carbons (Fsp3) is 0.917. The molecule has 0 radical (unpaired) electrons. The summed E-state index contributed by atoms with van der Waals surface area (Å²) in [4.78, 5) is 16.0. The van der Waals surface area contributed by atoms with Crippen LogP contribution < -0.4 is 4.72 Å². The summed E-state index contributed by atoms with van der Waals surface area (Å²) in [6.07, 6.45) is 0.500. The van der Waals surface area contributed by atoms with Crippen LogP contribution in [0.25, 0.3) is 0 Å². The van der Waals surface area contributed by atoms with E-state index in [9.17, 15) is 13.2 Å². The highest BCUT2D eigenvalue weighted by atomic mass is 32.2. The smallest absolute Gasteiger partial charge is 0.279 e. The maximum atomic E-state index is 12.1. The van der Waals surface area contributed by atoms with Crippen molar-refractivity contribution in [3.63, 3.8) is 0 Å². The van der Waals surface area contributed by atoms with Gasteiger partial charge in [0.15, 0.2) is 0 Å². The lowest BCUT2D eigenvalue weighted by molar-refractivity contribution is -0.132. The highest BCUT2D eigenvalue weighted by molar-refractivity contribution is 7.87. The molecule has 0 unspecified atom stereocenters. The lowest BCUT2D eigenvalue weighted by Crippen LogP contribution is -2.53. The summed E-state index contributed by atoms with van der Waals surface area (Å²) in [6.45, 7) is 8.47. The van der Waals surface area contributed by atoms with Crippen molar-refractivity contribution in [1.82, 2.24) is 18.8 Å². The second kappa shape index (κ2) is 7.92. The van der Waals surface area contributed by atoms with Crippen LogP contribution in [-0.4, -0.2) is 81.3 Å². The second-order valence-corrected chi connectivity index (χ2v) is 6.64. The first kappa shape index (κ1) is 17.4. The van der Waals surface area contributed by atoms with E-state index in [-0.39, 0.29) is 5.91 Å². The predicted octanol–water partition coefficient (Wildman–Crippen LogP) is -0.673. The number of hydrogen-bond acceptors (Lipinski definition) is 4. The molecule has 1 rings (SSSR count). The highest BCUT2D eigenvalue weighted by Crippen LogP contribution is 2.07. The number of carbonyl (C=O) groups excluding carboxylic acids is 1. The number of piperazine rings is 1. The molecule has 1 heterocycles. The van der Waals surface area contributed by atoms with Gasteiger partial charge in [0.05, 0.1) is 0 Å². The van der Waals surface area contributed by atoms with E-state index < -0.39 is 10.2 Å². The molecule has 1 amide bonds. The topological polar surface area (TPSA) is 73.0 Å². The van der Waals surface area contributed by atoms with Crippen molar-refractivity contribution in [3.05, 3.63) is 0 Å². The average molecular weight is 306 g/mol. The van der Waals surface area contributed by atoms with Crippen LogP contribution in [0.4, 0.5) is 0 Å². The molecule has 0 aromatic heterocycles. The molecule has 1 aliphatic rings. The van der Waals surface area contributed by atoms with E-state index in [1.165, 1.54) is 11.4 Å². The molecule has 1 saturated heterocycles. The normalized spacial score (nSPS) is 17.7. The largest absolute Gasteiger partial charge is 0.340 e. The third-order valence-corrected chi connectivity index (χ3v) is 5.29. The van der Waals surface area contributed by atoms with E-state index in [1.54, 1.807) is 4.90 Å². The van der Waals surface area contributed by atoms with Crippen LogP contribution in [0.3, 0.4) is 0 Å². The zero-order chi connectivity index (χ0) is 15.2. The van der Waals surface area contributed by atoms with Gasteiger partial charge in [-0.15, -0.1) is 0 Å². The SMILES string of the molecule is CCN(CC)CCC(=O)N1CCN(S(=O)(=O)NC)CC1. The van der Waals surface area contributed by atoms with Crippen molar-refractivity contribution < 1.29 is 13.2 Å². The first-order valence-electron chi connectivity index (χ1n) is 7.13. The fourth-order valence-corrected chi connectivity index (χ4v) is 3.16. The number of nitrogens with zero attached hydrogens (tertiary/aromatic N) is 3. The molecule has 118 valence electrons. The summed E-state index contributed by atoms with van der Waals surface area (Å²) >= 11 is 0. The Kier molecular flexibility index (Phi) is 6.87. The van der Waals surface area contributed by atoms with Gasteiger partial charge in [0.1, 0.15) is 0 Å². The molecular formula is C12H26N4O3S. The van der Waals surface area contributed by atoms with E-state index >= 15 is 0 Å². The number of nitrogens with one attached hydrogen (secondary N) is 1. The number of hydrogen-bond donors (Lipinski definition) is 1. The molecule has 0 spiro atoms. The number of carbonyl (C=O) groups is 1. The van der Waals surface area contributed by atoms with Gasteiger partial charge < -0.3 is 9.80 Å². The van der Waals surface area contributed by atoms with Crippen molar-refractivity contribution in [3.8, 4) is 0 Å². The summed E-state index contributed by atoms with van der Waals surface area (Å²) in [5.74, 6) is 0.110. The van der Waals surface area contributed by atoms with Gasteiger partial charge in [-0.1, -0.05) is 13.8 Å². The van der Waals surface area contributed by atoms with Crippen molar-refractivity contribution in [2.24, 2.45) is 0 Å². The van der Waals surface area contributed by atoms with E-state index in [0.717, 1.165) is 19.6 Å². The standard InChI is InChI=1S/C12H26N4O3S/c1-4-14(5-2)7-6-12(17)15-8-10-16(11-9-15)20(18,19)13-3/h13H,4-11H2,1-3H3. The Balaban J connectivity index is 2.40. The van der Waals surface area contributed by atoms with Crippen LogP contribution in [0.15, 0.2) is 0 Å². The summed E-state index contributed by atoms with van der Waals surface area (Å²) in [6, 6.07) is 0. The van der Waals surface area contributed by atoms with Crippen molar-refractivity contribution in [1.29, 1.82) is 0 Å². The molecule has 0 saturated carbocycles. The summed E-state index contributed by atoms with van der Waals surface area (Å²) in [5, 5.41) is 0. The predicted molar refractivity (Wildman–Crippen MR) is 78.5 cm³/mol. The number of rotatable bonds is 7. The van der Waals surface area contributed by atoms with Crippen molar-refractivity contribution in [2.75, 3.05) is 52.9 Å². The van der Waals surface area contributed by atoms with Crippen LogP contribution in [-0.2, 0) is 15.0 Å². The zero-order valence-electron chi connectivity index (χ0n) is 12.6. The molecular weight excluding hydrogens is 280 g/mol. The van der Waals surface area contributed by atoms with E-state index in [2.05, 4.69) is 23.5 Å². The monoisotopic (exact) mass is 306 g/mol. The molecule has 0 aromatic rings. The second-order valence-electron chi connectivity index (χ2n) is 4.77. The molecule has 0 bridgehead atoms. The molecule has 1 N–H and O–H groups in total. The van der Waals surface area contributed by atoms with Gasteiger partial charge in [0.25, 0.3) is 10.2 Å². The minimum absolute atomic E-state index is 0.110. The third kappa shape index (κ3) is 4.69. The molecule has 20 heavy (non-hydrogen) atoms. The first-order chi connectivity index (χ1) is 9.44. The van der Waals surface area contributed by atoms with Crippen molar-refractivity contribution in [2.45, 2.75) is 20.3 Å². The molecule has 7 nitrogen and oxygen atoms in total. The van der Waals surface area contributed by atoms with Gasteiger partial charge in [0, 0.05) is 46.2 Å². The Morgan fingerprint density at radius 1 is 1.15 bits per heavy atom. The third-order valence-electron chi connectivity index (χ3n) is 3.73. The van der Waals surface area contributed by atoms with Gasteiger partial charge in [0.2, 0.25) is 5.91 Å². The van der Waals surface area contributed by atoms with Crippen LogP contribution in [0.5, 0.6) is 0 Å². The van der Waals surface area contributed by atoms with E-state index in [4.69, 9.17) is 0 Å². The molecule has 1 fully saturated rings. The summed E-state index contributed by atoms with van der Waals surface area (Å²) < 4.78 is 26.9. The lowest BCUT2D eigenvalue weighted by Gasteiger charge is -2.34. The summed E-state index contributed by atoms with van der Waals surface area (Å²) in [5.41, 5.74) is 0. The molecule has 0 atom stereocenters. The Morgan fingerprint density at radius 3 is 2.15 bits per heavy atom. The van der Waals surface area contributed by atoms with Crippen LogP contribution in [0, 0.1) is 0 Å². The average Bonchev–Trinajstić information content (AvgIpc) is 2.48. The van der Waals surface area contributed by atoms with Crippen molar-refractivity contribution >= 4 is 16.1 Å². The Hall–Kier alpha value is -0.700. The molecule has 1 aliphatic heterocycles. The van der Waals surface area contributed by atoms with E-state index in [0.29, 0.717) is 32.6 Å². The zero-order valence-corrected chi connectivity index (χ0v) is 13.4. The van der Waals surface area contributed by atoms with Gasteiger partial charge >= 0.3 is 0 Å². The first-order valence-corrected chi connectivity index (χ1v) is 8.57. The van der Waals surface area contributed by atoms with E-state index in [1.807, 2.05) is 0 Å². The maximum absolute atomic E-state index is 12.1. The van der Waals surface area contributed by atoms with Gasteiger partial charge in [-0.2, -0.15) is 12.7 Å². The highest BCUT2D eigenvalue weighted by Gasteiger charge is 2.27. The quantitative estimate of drug-likeness (QED) is 0.677. The fourth-order valence-electron chi connectivity index (χ4n) is 2.26. The van der Waals surface area contributed by atoms with Crippen LogP contribution >= 0.6 is 0 Å². The van der Waals surface area contributed by atoms with Gasteiger partial charge in [-0.3, -0.25) is 4.79 Å². The Labute approximate surface area is 122 Å². The Bertz CT molecular complexity index is 401. The molecule has 0 aromatic carbocycles. The van der Waals surface area contributed by atoms with Crippen LogP contribution in [0.1, 0.15) is 20.3 Å². The minimum Gasteiger partial charge on any atom is -0.340 e. The summed E-state index contributed by atoms with van der Waals surface area (Å²) in [7, 11) is -1.97. The molecule has 8 heteroatoms. The minimum atomic E-state index is -3.37. The lowest BCUT2D eigenvalue weighted by atomic mass is 10.3. The number of amides is 1. The van der Waals surface area contributed by atoms with Crippen LogP contribution in [0.2, 0.25) is 0 Å². The van der Waals surface area contributed by atoms with Gasteiger partial charge in [-0.25, -0.2) is 4.72 Å². The maximum Gasteiger partial charge on any atom is 0.279 e. The van der Waals surface area contributed by atoms with Gasteiger partial charge in [-0.05, 0) is 13.1 Å².